The molecule has 2 N–H and O–H groups in total. The molecule has 1 aromatic carbocycles. The summed E-state index contributed by atoms with van der Waals surface area (Å²) in [6.45, 7) is 4.48. The summed E-state index contributed by atoms with van der Waals surface area (Å²) in [7, 11) is 0. The fourth-order valence-corrected chi connectivity index (χ4v) is 3.76. The predicted octanol–water partition coefficient (Wildman–Crippen LogP) is 5.01. The third-order valence-electron chi connectivity index (χ3n) is 5.42. The van der Waals surface area contributed by atoms with Crippen molar-refractivity contribution < 1.29 is 37.0 Å². The second-order valence-electron chi connectivity index (χ2n) is 8.53. The molecule has 0 bridgehead atoms. The number of pyridine rings is 2. The van der Waals surface area contributed by atoms with Gasteiger partial charge in [0.2, 0.25) is 0 Å². The SMILES string of the molecule is CCNC(=O)Nc1cc(-n2ccc(C(F)(F)F)n2)c(-c2cncc(-c3ccc(OC(C)=O)c(OC(C)=O)c3)c2)cn1. The summed E-state index contributed by atoms with van der Waals surface area (Å²) in [5.74, 6) is -1.10. The van der Waals surface area contributed by atoms with Gasteiger partial charge in [-0.15, -0.1) is 0 Å². The lowest BCUT2D eigenvalue weighted by Gasteiger charge is -2.14. The number of anilines is 1. The van der Waals surface area contributed by atoms with E-state index in [1.165, 1.54) is 50.6 Å². The molecule has 41 heavy (non-hydrogen) atoms. The van der Waals surface area contributed by atoms with Crippen LogP contribution in [-0.2, 0) is 15.8 Å². The minimum Gasteiger partial charge on any atom is -0.423 e. The lowest BCUT2D eigenvalue weighted by atomic mass is 10.0. The first-order chi connectivity index (χ1) is 19.4. The number of esters is 2. The van der Waals surface area contributed by atoms with E-state index in [2.05, 4.69) is 25.7 Å². The first-order valence-corrected chi connectivity index (χ1v) is 12.1. The minimum atomic E-state index is -4.67. The molecule has 3 heterocycles. The van der Waals surface area contributed by atoms with Crippen molar-refractivity contribution in [3.8, 4) is 39.4 Å². The van der Waals surface area contributed by atoms with Gasteiger partial charge >= 0.3 is 24.1 Å². The molecule has 4 rings (SSSR count). The Kier molecular flexibility index (Phi) is 8.31. The molecule has 0 atom stereocenters. The number of hydrogen-bond acceptors (Lipinski definition) is 8. The lowest BCUT2D eigenvalue weighted by Crippen LogP contribution is -2.28. The van der Waals surface area contributed by atoms with Crippen LogP contribution in [0.5, 0.6) is 11.5 Å². The Balaban J connectivity index is 1.80. The van der Waals surface area contributed by atoms with Crippen molar-refractivity contribution in [3.63, 3.8) is 0 Å². The second kappa shape index (κ2) is 11.9. The smallest absolute Gasteiger partial charge is 0.423 e. The molecular formula is C27H23F3N6O5. The van der Waals surface area contributed by atoms with Gasteiger partial charge in [-0.25, -0.2) is 14.5 Å². The van der Waals surface area contributed by atoms with Crippen LogP contribution in [0.1, 0.15) is 26.5 Å². The molecular weight excluding hydrogens is 545 g/mol. The van der Waals surface area contributed by atoms with Crippen molar-refractivity contribution in [2.45, 2.75) is 26.9 Å². The summed E-state index contributed by atoms with van der Waals surface area (Å²) in [5, 5.41) is 8.75. The van der Waals surface area contributed by atoms with Gasteiger partial charge in [-0.2, -0.15) is 18.3 Å². The monoisotopic (exact) mass is 568 g/mol. The number of carbonyl (C=O) groups excluding carboxylic acids is 3. The van der Waals surface area contributed by atoms with Crippen LogP contribution in [0.3, 0.4) is 0 Å². The lowest BCUT2D eigenvalue weighted by molar-refractivity contribution is -0.141. The minimum absolute atomic E-state index is 0.00923. The second-order valence-corrected chi connectivity index (χ2v) is 8.53. The van der Waals surface area contributed by atoms with E-state index in [4.69, 9.17) is 9.47 Å². The summed E-state index contributed by atoms with van der Waals surface area (Å²) in [4.78, 5) is 43.6. The number of amides is 2. The molecule has 2 amide bonds. The molecule has 0 unspecified atom stereocenters. The van der Waals surface area contributed by atoms with Crippen molar-refractivity contribution in [2.75, 3.05) is 11.9 Å². The van der Waals surface area contributed by atoms with E-state index in [1.54, 1.807) is 19.1 Å². The molecule has 0 spiro atoms. The zero-order chi connectivity index (χ0) is 29.7. The standard InChI is InChI=1S/C27H23F3N6O5/c1-4-32-26(39)34-25-11-21(36-8-7-24(35-36)27(28,29)30)20(14-33-25)19-9-18(12-31-13-19)17-5-6-22(40-15(2)37)23(10-17)41-16(3)38/h5-14H,4H2,1-3H3,(H2,32,33,34,39). The normalized spacial score (nSPS) is 11.1. The van der Waals surface area contributed by atoms with Crippen molar-refractivity contribution in [1.82, 2.24) is 25.1 Å². The van der Waals surface area contributed by atoms with Gasteiger partial charge in [0.15, 0.2) is 17.2 Å². The molecule has 4 aromatic rings. The van der Waals surface area contributed by atoms with Crippen molar-refractivity contribution in [2.24, 2.45) is 0 Å². The highest BCUT2D eigenvalue weighted by Crippen LogP contribution is 2.36. The van der Waals surface area contributed by atoms with Crippen LogP contribution < -0.4 is 20.1 Å². The first kappa shape index (κ1) is 28.7. The summed E-state index contributed by atoms with van der Waals surface area (Å²) >= 11 is 0. The number of carbonyl (C=O) groups is 3. The highest BCUT2D eigenvalue weighted by atomic mass is 19.4. The van der Waals surface area contributed by atoms with Crippen molar-refractivity contribution >= 4 is 23.8 Å². The maximum atomic E-state index is 13.3. The van der Waals surface area contributed by atoms with Crippen LogP contribution in [-0.4, -0.2) is 44.3 Å². The summed E-state index contributed by atoms with van der Waals surface area (Å²) in [6.07, 6.45) is 0.861. The highest BCUT2D eigenvalue weighted by molar-refractivity contribution is 5.89. The Morgan fingerprint density at radius 2 is 1.61 bits per heavy atom. The van der Waals surface area contributed by atoms with Crippen molar-refractivity contribution in [3.05, 3.63) is 66.9 Å². The van der Waals surface area contributed by atoms with Crippen LogP contribution in [0.25, 0.3) is 27.9 Å². The zero-order valence-electron chi connectivity index (χ0n) is 21.9. The molecule has 11 nitrogen and oxygen atoms in total. The van der Waals surface area contributed by atoms with E-state index in [0.717, 1.165) is 16.9 Å². The number of hydrogen-bond donors (Lipinski definition) is 2. The maximum Gasteiger partial charge on any atom is 0.435 e. The van der Waals surface area contributed by atoms with Crippen LogP contribution >= 0.6 is 0 Å². The van der Waals surface area contributed by atoms with E-state index >= 15 is 0 Å². The van der Waals surface area contributed by atoms with Gasteiger partial charge in [-0.3, -0.25) is 19.9 Å². The number of benzene rings is 1. The Morgan fingerprint density at radius 1 is 0.902 bits per heavy atom. The number of ether oxygens (including phenoxy) is 2. The molecule has 0 aliphatic heterocycles. The Bertz CT molecular complexity index is 1620. The largest absolute Gasteiger partial charge is 0.435 e. The Labute approximate surface area is 231 Å². The first-order valence-electron chi connectivity index (χ1n) is 12.1. The van der Waals surface area contributed by atoms with Gasteiger partial charge in [-0.1, -0.05) is 6.07 Å². The predicted molar refractivity (Wildman–Crippen MR) is 140 cm³/mol. The average Bonchev–Trinajstić information content (AvgIpc) is 3.40. The Morgan fingerprint density at radius 3 is 2.27 bits per heavy atom. The fourth-order valence-electron chi connectivity index (χ4n) is 3.76. The van der Waals surface area contributed by atoms with Gasteiger partial charge in [0.25, 0.3) is 0 Å². The quantitative estimate of drug-likeness (QED) is 0.235. The fraction of sp³-hybridized carbons (Fsp3) is 0.185. The number of rotatable bonds is 7. The van der Waals surface area contributed by atoms with Gasteiger partial charge in [0.05, 0.1) is 5.69 Å². The number of alkyl halides is 3. The summed E-state index contributed by atoms with van der Waals surface area (Å²) in [5.41, 5.74) is 0.973. The summed E-state index contributed by atoms with van der Waals surface area (Å²) < 4.78 is 51.3. The molecule has 0 aliphatic carbocycles. The van der Waals surface area contributed by atoms with E-state index in [1.807, 2.05) is 0 Å². The van der Waals surface area contributed by atoms with Crippen LogP contribution in [0.4, 0.5) is 23.8 Å². The van der Waals surface area contributed by atoms with Gasteiger partial charge in [0.1, 0.15) is 5.82 Å². The molecule has 0 saturated carbocycles. The molecule has 0 fully saturated rings. The van der Waals surface area contributed by atoms with E-state index < -0.39 is 29.8 Å². The number of nitrogens with one attached hydrogen (secondary N) is 2. The van der Waals surface area contributed by atoms with Gasteiger partial charge in [0, 0.05) is 67.9 Å². The molecule has 0 radical (unpaired) electrons. The summed E-state index contributed by atoms with van der Waals surface area (Å²) in [6, 6.07) is 7.93. The topological polar surface area (TPSA) is 137 Å². The van der Waals surface area contributed by atoms with Gasteiger partial charge in [-0.05, 0) is 36.8 Å². The average molecular weight is 569 g/mol. The number of halogens is 3. The van der Waals surface area contributed by atoms with E-state index in [9.17, 15) is 27.6 Å². The molecule has 0 saturated heterocycles. The van der Waals surface area contributed by atoms with Crippen LogP contribution in [0.2, 0.25) is 0 Å². The number of nitrogens with zero attached hydrogens (tertiary/aromatic N) is 4. The maximum absolute atomic E-state index is 13.3. The Hall–Kier alpha value is -5.27. The number of aromatic nitrogens is 4. The molecule has 212 valence electrons. The van der Waals surface area contributed by atoms with E-state index in [-0.39, 0.29) is 23.0 Å². The molecule has 0 aliphatic rings. The van der Waals surface area contributed by atoms with Crippen molar-refractivity contribution in [1.29, 1.82) is 0 Å². The zero-order valence-corrected chi connectivity index (χ0v) is 21.9. The number of urea groups is 1. The highest BCUT2D eigenvalue weighted by Gasteiger charge is 2.34. The van der Waals surface area contributed by atoms with Crippen LogP contribution in [0.15, 0.2) is 61.2 Å². The van der Waals surface area contributed by atoms with E-state index in [0.29, 0.717) is 28.8 Å². The third kappa shape index (κ3) is 7.03. The molecule has 3 aromatic heterocycles. The molecule has 14 heteroatoms. The van der Waals surface area contributed by atoms with Gasteiger partial charge < -0.3 is 14.8 Å². The van der Waals surface area contributed by atoms with Crippen LogP contribution in [0, 0.1) is 0 Å². The third-order valence-corrected chi connectivity index (χ3v) is 5.42.